The van der Waals surface area contributed by atoms with Crippen LogP contribution < -0.4 is 5.32 Å². The summed E-state index contributed by atoms with van der Waals surface area (Å²) in [5, 5.41) is 3.54. The molecule has 0 bridgehead atoms. The van der Waals surface area contributed by atoms with Crippen LogP contribution in [0.15, 0.2) is 24.3 Å². The molecule has 2 aliphatic heterocycles. The van der Waals surface area contributed by atoms with Gasteiger partial charge in [0.15, 0.2) is 0 Å². The van der Waals surface area contributed by atoms with Crippen LogP contribution in [0.25, 0.3) is 10.9 Å². The van der Waals surface area contributed by atoms with E-state index in [-0.39, 0.29) is 23.0 Å². The van der Waals surface area contributed by atoms with E-state index < -0.39 is 0 Å². The van der Waals surface area contributed by atoms with E-state index in [2.05, 4.69) is 10.3 Å². The summed E-state index contributed by atoms with van der Waals surface area (Å²) in [5.41, 5.74) is 1.11. The summed E-state index contributed by atoms with van der Waals surface area (Å²) in [7, 11) is 0. The van der Waals surface area contributed by atoms with E-state index in [0.29, 0.717) is 37.1 Å². The molecule has 1 spiro atoms. The van der Waals surface area contributed by atoms with Crippen LogP contribution in [-0.4, -0.2) is 41.3 Å². The normalized spacial score (nSPS) is 24.4. The van der Waals surface area contributed by atoms with Crippen LogP contribution in [0.4, 0.5) is 4.39 Å². The first kappa shape index (κ1) is 13.3. The van der Waals surface area contributed by atoms with E-state index in [1.165, 1.54) is 12.1 Å². The lowest BCUT2D eigenvalue weighted by atomic mass is 9.86. The summed E-state index contributed by atoms with van der Waals surface area (Å²) in [6, 6.07) is 6.09. The molecule has 1 unspecified atom stereocenters. The molecule has 114 valence electrons. The highest BCUT2D eigenvalue weighted by Crippen LogP contribution is 2.37. The van der Waals surface area contributed by atoms with Crippen molar-refractivity contribution < 1.29 is 14.0 Å². The first-order valence-corrected chi connectivity index (χ1v) is 7.39. The van der Waals surface area contributed by atoms with Crippen LogP contribution in [0.5, 0.6) is 0 Å². The second kappa shape index (κ2) is 4.56. The molecule has 1 aromatic heterocycles. The monoisotopic (exact) mass is 301 g/mol. The summed E-state index contributed by atoms with van der Waals surface area (Å²) < 4.78 is 13.2. The SMILES string of the molecule is O=C1CC2(CCN(C(=O)c3cc4cc(F)ccc4[nH]3)C2)CN1. The molecule has 2 aromatic rings. The van der Waals surface area contributed by atoms with Crippen LogP contribution in [0, 0.1) is 11.2 Å². The quantitative estimate of drug-likeness (QED) is 0.841. The van der Waals surface area contributed by atoms with E-state index in [4.69, 9.17) is 0 Å². The van der Waals surface area contributed by atoms with Gasteiger partial charge in [-0.2, -0.15) is 0 Å². The highest BCUT2D eigenvalue weighted by Gasteiger charge is 2.45. The number of nitrogens with zero attached hydrogens (tertiary/aromatic N) is 1. The minimum Gasteiger partial charge on any atom is -0.355 e. The van der Waals surface area contributed by atoms with Gasteiger partial charge in [-0.15, -0.1) is 0 Å². The number of aromatic nitrogens is 1. The molecule has 2 amide bonds. The number of carbonyl (C=O) groups is 2. The van der Waals surface area contributed by atoms with Gasteiger partial charge in [0, 0.05) is 42.4 Å². The van der Waals surface area contributed by atoms with Crippen molar-refractivity contribution in [3.05, 3.63) is 35.8 Å². The van der Waals surface area contributed by atoms with Gasteiger partial charge < -0.3 is 15.2 Å². The third-order valence-electron chi connectivity index (χ3n) is 4.73. The standard InChI is InChI=1S/C16H16FN3O2/c17-11-1-2-12-10(5-11)6-13(19-12)15(22)20-4-3-16(9-20)7-14(21)18-8-16/h1-2,5-6,19H,3-4,7-9H2,(H,18,21). The van der Waals surface area contributed by atoms with Gasteiger partial charge in [0.05, 0.1) is 0 Å². The molecule has 2 fully saturated rings. The Hall–Kier alpha value is -2.37. The largest absolute Gasteiger partial charge is 0.355 e. The number of halogens is 1. The number of fused-ring (bicyclic) bond motifs is 1. The Labute approximate surface area is 126 Å². The van der Waals surface area contributed by atoms with Crippen LogP contribution in [-0.2, 0) is 4.79 Å². The molecule has 3 heterocycles. The molecule has 0 saturated carbocycles. The van der Waals surface area contributed by atoms with Gasteiger partial charge in [-0.05, 0) is 30.7 Å². The molecule has 0 aliphatic carbocycles. The molecular weight excluding hydrogens is 285 g/mol. The number of benzene rings is 1. The Morgan fingerprint density at radius 3 is 2.95 bits per heavy atom. The number of carbonyl (C=O) groups excluding carboxylic acids is 2. The number of amides is 2. The lowest BCUT2D eigenvalue weighted by Gasteiger charge is -2.21. The van der Waals surface area contributed by atoms with Gasteiger partial charge in [0.2, 0.25) is 5.91 Å². The Morgan fingerprint density at radius 1 is 1.32 bits per heavy atom. The topological polar surface area (TPSA) is 65.2 Å². The minimum atomic E-state index is -0.318. The fourth-order valence-corrected chi connectivity index (χ4v) is 3.54. The van der Waals surface area contributed by atoms with Gasteiger partial charge in [-0.25, -0.2) is 4.39 Å². The van der Waals surface area contributed by atoms with E-state index in [1.807, 2.05) is 0 Å². The minimum absolute atomic E-state index is 0.0652. The number of nitrogens with one attached hydrogen (secondary N) is 2. The first-order valence-electron chi connectivity index (χ1n) is 7.39. The number of hydrogen-bond acceptors (Lipinski definition) is 2. The van der Waals surface area contributed by atoms with E-state index in [9.17, 15) is 14.0 Å². The highest BCUT2D eigenvalue weighted by atomic mass is 19.1. The fraction of sp³-hybridized carbons (Fsp3) is 0.375. The Morgan fingerprint density at radius 2 is 2.18 bits per heavy atom. The van der Waals surface area contributed by atoms with Crippen molar-refractivity contribution in [1.29, 1.82) is 0 Å². The van der Waals surface area contributed by atoms with Gasteiger partial charge in [0.25, 0.3) is 5.91 Å². The number of rotatable bonds is 1. The van der Waals surface area contributed by atoms with Crippen LogP contribution in [0.1, 0.15) is 23.3 Å². The van der Waals surface area contributed by atoms with Gasteiger partial charge in [-0.3, -0.25) is 9.59 Å². The predicted octanol–water partition coefficient (Wildman–Crippen LogP) is 1.66. The molecule has 5 nitrogen and oxygen atoms in total. The molecule has 4 rings (SSSR count). The second-order valence-corrected chi connectivity index (χ2v) is 6.34. The highest BCUT2D eigenvalue weighted by molar-refractivity contribution is 5.98. The van der Waals surface area contributed by atoms with Crippen molar-refractivity contribution in [3.8, 4) is 0 Å². The van der Waals surface area contributed by atoms with Crippen molar-refractivity contribution in [2.45, 2.75) is 12.8 Å². The van der Waals surface area contributed by atoms with Gasteiger partial charge >= 0.3 is 0 Å². The van der Waals surface area contributed by atoms with Crippen LogP contribution in [0.3, 0.4) is 0 Å². The second-order valence-electron chi connectivity index (χ2n) is 6.34. The number of aromatic amines is 1. The molecule has 0 radical (unpaired) electrons. The van der Waals surface area contributed by atoms with Gasteiger partial charge in [0.1, 0.15) is 11.5 Å². The lowest BCUT2D eigenvalue weighted by Crippen LogP contribution is -2.33. The average molecular weight is 301 g/mol. The van der Waals surface area contributed by atoms with Gasteiger partial charge in [-0.1, -0.05) is 0 Å². The maximum absolute atomic E-state index is 13.2. The van der Waals surface area contributed by atoms with E-state index in [1.54, 1.807) is 17.0 Å². The third kappa shape index (κ3) is 2.06. The smallest absolute Gasteiger partial charge is 0.270 e. The zero-order chi connectivity index (χ0) is 15.3. The molecule has 2 N–H and O–H groups in total. The molecule has 22 heavy (non-hydrogen) atoms. The van der Waals surface area contributed by atoms with Crippen molar-refractivity contribution in [3.63, 3.8) is 0 Å². The summed E-state index contributed by atoms with van der Waals surface area (Å²) in [5.74, 6) is -0.343. The summed E-state index contributed by atoms with van der Waals surface area (Å²) in [6.07, 6.45) is 1.33. The molecule has 2 saturated heterocycles. The van der Waals surface area contributed by atoms with E-state index >= 15 is 0 Å². The maximum atomic E-state index is 13.2. The lowest BCUT2D eigenvalue weighted by molar-refractivity contribution is -0.119. The van der Waals surface area contributed by atoms with Crippen molar-refractivity contribution >= 4 is 22.7 Å². The number of H-pyrrole nitrogens is 1. The summed E-state index contributed by atoms with van der Waals surface area (Å²) in [4.78, 5) is 28.9. The molecule has 1 aromatic carbocycles. The van der Waals surface area contributed by atoms with E-state index in [0.717, 1.165) is 11.9 Å². The number of hydrogen-bond donors (Lipinski definition) is 2. The molecule has 6 heteroatoms. The van der Waals surface area contributed by atoms with Crippen molar-refractivity contribution in [2.24, 2.45) is 5.41 Å². The molecular formula is C16H16FN3O2. The Bertz CT molecular complexity index is 785. The summed E-state index contributed by atoms with van der Waals surface area (Å²) in [6.45, 7) is 1.89. The fourth-order valence-electron chi connectivity index (χ4n) is 3.54. The van der Waals surface area contributed by atoms with Crippen LogP contribution >= 0.6 is 0 Å². The molecule has 2 aliphatic rings. The maximum Gasteiger partial charge on any atom is 0.270 e. The van der Waals surface area contributed by atoms with Crippen LogP contribution in [0.2, 0.25) is 0 Å². The zero-order valence-electron chi connectivity index (χ0n) is 12.0. The molecule has 1 atom stereocenters. The van der Waals surface area contributed by atoms with Crippen molar-refractivity contribution in [1.82, 2.24) is 15.2 Å². The predicted molar refractivity (Wildman–Crippen MR) is 78.8 cm³/mol. The Balaban J connectivity index is 1.57. The number of likely N-dealkylation sites (tertiary alicyclic amines) is 1. The summed E-state index contributed by atoms with van der Waals surface area (Å²) >= 11 is 0. The average Bonchev–Trinajstić information content (AvgIpc) is 3.17. The first-order chi connectivity index (χ1) is 10.5. The zero-order valence-corrected chi connectivity index (χ0v) is 12.0. The Kier molecular flexibility index (Phi) is 2.76. The van der Waals surface area contributed by atoms with Crippen molar-refractivity contribution in [2.75, 3.05) is 19.6 Å². The third-order valence-corrected chi connectivity index (χ3v) is 4.73.